The zero-order valence-corrected chi connectivity index (χ0v) is 9.89. The van der Waals surface area contributed by atoms with Crippen molar-refractivity contribution in [3.8, 4) is 0 Å². The smallest absolute Gasteiger partial charge is 0.122 e. The van der Waals surface area contributed by atoms with Crippen LogP contribution in [0, 0.1) is 5.92 Å². The maximum Gasteiger partial charge on any atom is 0.122 e. The van der Waals surface area contributed by atoms with Crippen LogP contribution in [0.2, 0.25) is 0 Å². The lowest BCUT2D eigenvalue weighted by molar-refractivity contribution is 0.113. The fraction of sp³-hybridized carbons (Fsp3) is 0.750. The monoisotopic (exact) mass is 220 g/mol. The maximum absolute atomic E-state index is 4.42. The number of rotatable bonds is 2. The Kier molecular flexibility index (Phi) is 2.69. The van der Waals surface area contributed by atoms with Gasteiger partial charge in [0, 0.05) is 32.0 Å². The minimum atomic E-state index is 0.741. The third-order valence-corrected chi connectivity index (χ3v) is 4.06. The van der Waals surface area contributed by atoms with Gasteiger partial charge in [-0.25, -0.2) is 4.98 Å². The second-order valence-corrected chi connectivity index (χ2v) is 5.05. The summed E-state index contributed by atoms with van der Waals surface area (Å²) in [6.45, 7) is 4.61. The predicted molar refractivity (Wildman–Crippen MR) is 63.0 cm³/mol. The predicted octanol–water partition coefficient (Wildman–Crippen LogP) is 0.604. The first-order valence-corrected chi connectivity index (χ1v) is 6.25. The van der Waals surface area contributed by atoms with Gasteiger partial charge in [0.25, 0.3) is 0 Å². The van der Waals surface area contributed by atoms with Crippen molar-refractivity contribution < 1.29 is 0 Å². The summed E-state index contributed by atoms with van der Waals surface area (Å²) in [4.78, 5) is 7.03. The van der Waals surface area contributed by atoms with Crippen LogP contribution in [0.5, 0.6) is 0 Å². The highest BCUT2D eigenvalue weighted by Crippen LogP contribution is 2.27. The van der Waals surface area contributed by atoms with Crippen molar-refractivity contribution in [2.45, 2.75) is 25.4 Å². The molecule has 0 spiro atoms. The fourth-order valence-corrected chi connectivity index (χ4v) is 3.09. The van der Waals surface area contributed by atoms with E-state index >= 15 is 0 Å². The molecule has 1 aromatic heterocycles. The van der Waals surface area contributed by atoms with Crippen molar-refractivity contribution in [1.29, 1.82) is 0 Å². The molecule has 0 saturated carbocycles. The molecule has 88 valence electrons. The van der Waals surface area contributed by atoms with Gasteiger partial charge in [-0.2, -0.15) is 0 Å². The van der Waals surface area contributed by atoms with Crippen LogP contribution in [0.4, 0.5) is 0 Å². The molecular formula is C12H20N4. The number of likely N-dealkylation sites (tertiary alicyclic amines) is 1. The molecule has 2 aliphatic heterocycles. The van der Waals surface area contributed by atoms with Crippen LogP contribution in [0.3, 0.4) is 0 Å². The Morgan fingerprint density at radius 3 is 3.25 bits per heavy atom. The van der Waals surface area contributed by atoms with Crippen LogP contribution < -0.4 is 5.32 Å². The Labute approximate surface area is 96.7 Å². The fourth-order valence-electron chi connectivity index (χ4n) is 3.09. The SMILES string of the molecule is Cn1ccnc1CN1CCCC2CNCC21. The lowest BCUT2D eigenvalue weighted by Crippen LogP contribution is -2.44. The molecule has 0 aromatic carbocycles. The summed E-state index contributed by atoms with van der Waals surface area (Å²) in [7, 11) is 2.08. The molecule has 2 fully saturated rings. The molecule has 0 bridgehead atoms. The number of hydrogen-bond donors (Lipinski definition) is 1. The number of hydrogen-bond acceptors (Lipinski definition) is 3. The Hall–Kier alpha value is -0.870. The molecular weight excluding hydrogens is 200 g/mol. The van der Waals surface area contributed by atoms with E-state index in [0.29, 0.717) is 0 Å². The lowest BCUT2D eigenvalue weighted by atomic mass is 9.92. The molecule has 16 heavy (non-hydrogen) atoms. The lowest BCUT2D eigenvalue weighted by Gasteiger charge is -2.36. The maximum atomic E-state index is 4.42. The van der Waals surface area contributed by atoms with E-state index in [1.165, 1.54) is 31.8 Å². The number of aromatic nitrogens is 2. The van der Waals surface area contributed by atoms with E-state index in [0.717, 1.165) is 25.0 Å². The standard InChI is InChI=1S/C12H20N4/c1-15-6-4-14-12(15)9-16-5-2-3-10-7-13-8-11(10)16/h4,6,10-11,13H,2-3,5,7-9H2,1H3. The average molecular weight is 220 g/mol. The van der Waals surface area contributed by atoms with E-state index in [2.05, 4.69) is 26.8 Å². The van der Waals surface area contributed by atoms with Crippen molar-refractivity contribution >= 4 is 0 Å². The normalized spacial score (nSPS) is 30.6. The average Bonchev–Trinajstić information content (AvgIpc) is 2.89. The highest BCUT2D eigenvalue weighted by molar-refractivity contribution is 4.97. The van der Waals surface area contributed by atoms with Gasteiger partial charge in [0.15, 0.2) is 0 Å². The molecule has 4 heteroatoms. The topological polar surface area (TPSA) is 33.1 Å². The van der Waals surface area contributed by atoms with Gasteiger partial charge >= 0.3 is 0 Å². The van der Waals surface area contributed by atoms with Gasteiger partial charge < -0.3 is 9.88 Å². The molecule has 1 N–H and O–H groups in total. The largest absolute Gasteiger partial charge is 0.337 e. The van der Waals surface area contributed by atoms with Crippen molar-refractivity contribution in [2.75, 3.05) is 19.6 Å². The van der Waals surface area contributed by atoms with Gasteiger partial charge in [0.1, 0.15) is 5.82 Å². The third-order valence-electron chi connectivity index (χ3n) is 4.06. The molecule has 2 saturated heterocycles. The molecule has 1 aromatic rings. The van der Waals surface area contributed by atoms with E-state index in [1.807, 2.05) is 12.4 Å². The van der Waals surface area contributed by atoms with E-state index < -0.39 is 0 Å². The van der Waals surface area contributed by atoms with Crippen molar-refractivity contribution in [2.24, 2.45) is 13.0 Å². The molecule has 3 heterocycles. The first-order chi connectivity index (χ1) is 7.84. The van der Waals surface area contributed by atoms with E-state index in [-0.39, 0.29) is 0 Å². The van der Waals surface area contributed by atoms with Crippen molar-refractivity contribution in [1.82, 2.24) is 19.8 Å². The molecule has 2 atom stereocenters. The van der Waals surface area contributed by atoms with E-state index in [9.17, 15) is 0 Å². The minimum Gasteiger partial charge on any atom is -0.337 e. The first-order valence-electron chi connectivity index (χ1n) is 6.25. The minimum absolute atomic E-state index is 0.741. The number of piperidine rings is 1. The Balaban J connectivity index is 1.72. The Morgan fingerprint density at radius 1 is 1.50 bits per heavy atom. The van der Waals surface area contributed by atoms with Crippen LogP contribution in [0.15, 0.2) is 12.4 Å². The summed E-state index contributed by atoms with van der Waals surface area (Å²) in [6.07, 6.45) is 6.66. The second-order valence-electron chi connectivity index (χ2n) is 5.05. The quantitative estimate of drug-likeness (QED) is 0.792. The summed E-state index contributed by atoms with van der Waals surface area (Å²) >= 11 is 0. The number of aryl methyl sites for hydroxylation is 1. The zero-order valence-electron chi connectivity index (χ0n) is 9.89. The van der Waals surface area contributed by atoms with E-state index in [1.54, 1.807) is 0 Å². The zero-order chi connectivity index (χ0) is 11.0. The van der Waals surface area contributed by atoms with Gasteiger partial charge in [-0.1, -0.05) is 0 Å². The van der Waals surface area contributed by atoms with E-state index in [4.69, 9.17) is 0 Å². The summed E-state index contributed by atoms with van der Waals surface area (Å²) in [5.41, 5.74) is 0. The number of fused-ring (bicyclic) bond motifs is 1. The number of imidazole rings is 1. The summed E-state index contributed by atoms with van der Waals surface area (Å²) < 4.78 is 2.13. The molecule has 2 aliphatic rings. The molecule has 4 nitrogen and oxygen atoms in total. The molecule has 0 aliphatic carbocycles. The third kappa shape index (κ3) is 1.76. The van der Waals surface area contributed by atoms with Gasteiger partial charge in [-0.15, -0.1) is 0 Å². The molecule has 0 amide bonds. The van der Waals surface area contributed by atoms with Crippen LogP contribution >= 0.6 is 0 Å². The number of nitrogens with one attached hydrogen (secondary N) is 1. The van der Waals surface area contributed by atoms with Crippen molar-refractivity contribution in [3.05, 3.63) is 18.2 Å². The first kappa shape index (κ1) is 10.3. The summed E-state index contributed by atoms with van der Waals surface area (Å²) in [6, 6.07) is 0.741. The second kappa shape index (κ2) is 4.18. The summed E-state index contributed by atoms with van der Waals surface area (Å²) in [5.74, 6) is 2.06. The van der Waals surface area contributed by atoms with Crippen LogP contribution in [0.1, 0.15) is 18.7 Å². The number of nitrogens with zero attached hydrogens (tertiary/aromatic N) is 3. The van der Waals surface area contributed by atoms with Crippen LogP contribution in [-0.4, -0.2) is 40.1 Å². The molecule has 3 rings (SSSR count). The van der Waals surface area contributed by atoms with Gasteiger partial charge in [0.05, 0.1) is 6.54 Å². The Bertz CT molecular complexity index is 360. The van der Waals surface area contributed by atoms with Crippen LogP contribution in [0.25, 0.3) is 0 Å². The Morgan fingerprint density at radius 2 is 2.44 bits per heavy atom. The van der Waals surface area contributed by atoms with Gasteiger partial charge in [-0.3, -0.25) is 4.90 Å². The van der Waals surface area contributed by atoms with Crippen molar-refractivity contribution in [3.63, 3.8) is 0 Å². The summed E-state index contributed by atoms with van der Waals surface area (Å²) in [5, 5.41) is 3.52. The molecule has 2 unspecified atom stereocenters. The highest BCUT2D eigenvalue weighted by Gasteiger charge is 2.35. The van der Waals surface area contributed by atoms with Gasteiger partial charge in [-0.05, 0) is 31.8 Å². The van der Waals surface area contributed by atoms with Gasteiger partial charge in [0.2, 0.25) is 0 Å². The van der Waals surface area contributed by atoms with Crippen LogP contribution in [-0.2, 0) is 13.6 Å². The molecule has 0 radical (unpaired) electrons. The highest BCUT2D eigenvalue weighted by atomic mass is 15.2.